The van der Waals surface area contributed by atoms with E-state index in [0.29, 0.717) is 37.3 Å². The molecule has 0 saturated heterocycles. The maximum Gasteiger partial charge on any atom is 0.223 e. The smallest absolute Gasteiger partial charge is 0.223 e. The van der Waals surface area contributed by atoms with Crippen molar-refractivity contribution in [1.29, 1.82) is 5.26 Å². The normalized spacial score (nSPS) is 11.2. The standard InChI is InChI=1S/C17H10Cl2N4O2S/c1-9(24)21-17-23-22-16(26-17)10(8-20)6-12-3-5-15(25-12)13-7-11(18)2-4-14(13)19/h2-7H,1H3,(H,21,23,24). The number of amides is 1. The van der Waals surface area contributed by atoms with Crippen molar-refractivity contribution >= 4 is 57.2 Å². The van der Waals surface area contributed by atoms with Crippen LogP contribution in [0.25, 0.3) is 23.0 Å². The number of furan rings is 1. The van der Waals surface area contributed by atoms with Crippen LogP contribution in [0, 0.1) is 11.3 Å². The second kappa shape index (κ2) is 7.70. The van der Waals surface area contributed by atoms with Crippen molar-refractivity contribution < 1.29 is 9.21 Å². The van der Waals surface area contributed by atoms with Gasteiger partial charge in [-0.2, -0.15) is 5.26 Å². The Balaban J connectivity index is 1.90. The lowest BCUT2D eigenvalue weighted by atomic mass is 10.2. The van der Waals surface area contributed by atoms with Gasteiger partial charge in [-0.1, -0.05) is 34.5 Å². The van der Waals surface area contributed by atoms with Crippen LogP contribution in [-0.2, 0) is 4.79 Å². The highest BCUT2D eigenvalue weighted by atomic mass is 35.5. The molecule has 0 aliphatic carbocycles. The molecule has 0 unspecified atom stereocenters. The second-order valence-corrected chi connectivity index (χ2v) is 6.91. The first kappa shape index (κ1) is 18.1. The van der Waals surface area contributed by atoms with Crippen LogP contribution in [0.1, 0.15) is 17.7 Å². The molecule has 0 aliphatic rings. The van der Waals surface area contributed by atoms with Crippen LogP contribution in [0.4, 0.5) is 5.13 Å². The molecular weight excluding hydrogens is 395 g/mol. The van der Waals surface area contributed by atoms with Gasteiger partial charge in [-0.05, 0) is 30.3 Å². The number of nitrogens with zero attached hydrogens (tertiary/aromatic N) is 3. The van der Waals surface area contributed by atoms with Gasteiger partial charge in [0.05, 0.1) is 10.6 Å². The summed E-state index contributed by atoms with van der Waals surface area (Å²) in [5, 5.41) is 21.4. The molecule has 0 aliphatic heterocycles. The number of carbonyl (C=O) groups excluding carboxylic acids is 1. The molecule has 9 heteroatoms. The molecule has 1 aromatic carbocycles. The van der Waals surface area contributed by atoms with E-state index in [9.17, 15) is 10.1 Å². The molecule has 3 rings (SSSR count). The summed E-state index contributed by atoms with van der Waals surface area (Å²) in [5.41, 5.74) is 0.915. The van der Waals surface area contributed by atoms with E-state index >= 15 is 0 Å². The molecule has 26 heavy (non-hydrogen) atoms. The van der Waals surface area contributed by atoms with Crippen LogP contribution >= 0.6 is 34.5 Å². The van der Waals surface area contributed by atoms with Crippen LogP contribution in [0.5, 0.6) is 0 Å². The number of aromatic nitrogens is 2. The fourth-order valence-electron chi connectivity index (χ4n) is 2.08. The van der Waals surface area contributed by atoms with Gasteiger partial charge in [-0.25, -0.2) is 0 Å². The number of nitrogens with one attached hydrogen (secondary N) is 1. The molecule has 0 radical (unpaired) electrons. The van der Waals surface area contributed by atoms with Gasteiger partial charge in [0.1, 0.15) is 17.6 Å². The monoisotopic (exact) mass is 404 g/mol. The van der Waals surface area contributed by atoms with Crippen LogP contribution in [0.3, 0.4) is 0 Å². The number of hydrogen-bond donors (Lipinski definition) is 1. The van der Waals surface area contributed by atoms with Gasteiger partial charge >= 0.3 is 0 Å². The molecule has 1 amide bonds. The Kier molecular flexibility index (Phi) is 5.38. The number of halogens is 2. The minimum Gasteiger partial charge on any atom is -0.457 e. The minimum absolute atomic E-state index is 0.260. The van der Waals surface area contributed by atoms with Gasteiger partial charge in [-0.15, -0.1) is 10.2 Å². The molecular formula is C17H10Cl2N4O2S. The van der Waals surface area contributed by atoms with E-state index in [1.807, 2.05) is 0 Å². The van der Waals surface area contributed by atoms with E-state index in [0.717, 1.165) is 11.3 Å². The van der Waals surface area contributed by atoms with Crippen molar-refractivity contribution in [1.82, 2.24) is 10.2 Å². The molecule has 0 bridgehead atoms. The van der Waals surface area contributed by atoms with Crippen LogP contribution in [0.15, 0.2) is 34.7 Å². The predicted molar refractivity (Wildman–Crippen MR) is 102 cm³/mol. The van der Waals surface area contributed by atoms with Gasteiger partial charge in [-0.3, -0.25) is 4.79 Å². The van der Waals surface area contributed by atoms with E-state index in [2.05, 4.69) is 21.6 Å². The Morgan fingerprint density at radius 3 is 2.85 bits per heavy atom. The number of anilines is 1. The summed E-state index contributed by atoms with van der Waals surface area (Å²) in [5.74, 6) is 0.713. The zero-order valence-corrected chi connectivity index (χ0v) is 15.6. The quantitative estimate of drug-likeness (QED) is 0.608. The molecule has 2 heterocycles. The number of hydrogen-bond acceptors (Lipinski definition) is 6. The highest BCUT2D eigenvalue weighted by molar-refractivity contribution is 7.16. The van der Waals surface area contributed by atoms with E-state index in [1.165, 1.54) is 6.92 Å². The Bertz CT molecular complexity index is 1050. The maximum atomic E-state index is 11.1. The third-order valence-electron chi connectivity index (χ3n) is 3.17. The number of benzene rings is 1. The average Bonchev–Trinajstić information content (AvgIpc) is 3.24. The van der Waals surface area contributed by atoms with E-state index in [4.69, 9.17) is 27.6 Å². The van der Waals surface area contributed by atoms with E-state index < -0.39 is 0 Å². The number of nitriles is 1. The number of rotatable bonds is 4. The van der Waals surface area contributed by atoms with E-state index in [1.54, 1.807) is 36.4 Å². The summed E-state index contributed by atoms with van der Waals surface area (Å²) in [7, 11) is 0. The maximum absolute atomic E-state index is 11.1. The highest BCUT2D eigenvalue weighted by Gasteiger charge is 2.13. The van der Waals surface area contributed by atoms with Gasteiger partial charge in [0.2, 0.25) is 11.0 Å². The third kappa shape index (κ3) is 4.11. The zero-order chi connectivity index (χ0) is 18.7. The fourth-order valence-corrected chi connectivity index (χ4v) is 3.22. The summed E-state index contributed by atoms with van der Waals surface area (Å²) in [4.78, 5) is 11.1. The summed E-state index contributed by atoms with van der Waals surface area (Å²) in [6.45, 7) is 1.37. The molecule has 0 saturated carbocycles. The van der Waals surface area contributed by atoms with E-state index in [-0.39, 0.29) is 11.5 Å². The first-order valence-corrected chi connectivity index (χ1v) is 8.82. The lowest BCUT2D eigenvalue weighted by molar-refractivity contribution is -0.114. The lowest BCUT2D eigenvalue weighted by Gasteiger charge is -2.01. The predicted octanol–water partition coefficient (Wildman–Crippen LogP) is 5.13. The largest absolute Gasteiger partial charge is 0.457 e. The number of allylic oxidation sites excluding steroid dienone is 1. The Morgan fingerprint density at radius 2 is 2.12 bits per heavy atom. The van der Waals surface area contributed by atoms with Gasteiger partial charge in [0.25, 0.3) is 0 Å². The Labute approximate surface area is 162 Å². The molecule has 3 aromatic rings. The highest BCUT2D eigenvalue weighted by Crippen LogP contribution is 2.33. The van der Waals surface area contributed by atoms with Gasteiger partial charge in [0, 0.05) is 23.6 Å². The zero-order valence-electron chi connectivity index (χ0n) is 13.3. The summed E-state index contributed by atoms with van der Waals surface area (Å²) < 4.78 is 5.75. The summed E-state index contributed by atoms with van der Waals surface area (Å²) >= 11 is 13.3. The first-order valence-electron chi connectivity index (χ1n) is 7.25. The molecule has 0 atom stereocenters. The van der Waals surface area contributed by atoms with Crippen molar-refractivity contribution in [2.75, 3.05) is 5.32 Å². The number of carbonyl (C=O) groups is 1. The average molecular weight is 405 g/mol. The topological polar surface area (TPSA) is 91.8 Å². The van der Waals surface area contributed by atoms with Crippen LogP contribution in [-0.4, -0.2) is 16.1 Å². The minimum atomic E-state index is -0.260. The summed E-state index contributed by atoms with van der Waals surface area (Å²) in [6, 6.07) is 10.6. The lowest BCUT2D eigenvalue weighted by Crippen LogP contribution is -2.04. The van der Waals surface area contributed by atoms with Crippen molar-refractivity contribution in [3.63, 3.8) is 0 Å². The molecule has 2 aromatic heterocycles. The molecule has 1 N–H and O–H groups in total. The van der Waals surface area contributed by atoms with Crippen molar-refractivity contribution in [2.24, 2.45) is 0 Å². The Morgan fingerprint density at radius 1 is 1.31 bits per heavy atom. The molecule has 6 nitrogen and oxygen atoms in total. The van der Waals surface area contributed by atoms with Crippen molar-refractivity contribution in [3.8, 4) is 17.4 Å². The molecule has 0 fully saturated rings. The third-order valence-corrected chi connectivity index (χ3v) is 4.60. The van der Waals surface area contributed by atoms with Crippen LogP contribution < -0.4 is 5.32 Å². The summed E-state index contributed by atoms with van der Waals surface area (Å²) in [6.07, 6.45) is 1.54. The van der Waals surface area contributed by atoms with Gasteiger partial charge < -0.3 is 9.73 Å². The SMILES string of the molecule is CC(=O)Nc1nnc(C(C#N)=Cc2ccc(-c3cc(Cl)ccc3Cl)o2)s1. The molecule has 0 spiro atoms. The fraction of sp³-hybridized carbons (Fsp3) is 0.0588. The van der Waals surface area contributed by atoms with Crippen molar-refractivity contribution in [3.05, 3.63) is 51.1 Å². The molecule has 130 valence electrons. The first-order chi connectivity index (χ1) is 12.5. The van der Waals surface area contributed by atoms with Crippen LogP contribution in [0.2, 0.25) is 10.0 Å². The Hall–Kier alpha value is -2.66. The van der Waals surface area contributed by atoms with Gasteiger partial charge in [0.15, 0.2) is 5.01 Å². The second-order valence-electron chi connectivity index (χ2n) is 5.09. The van der Waals surface area contributed by atoms with Crippen molar-refractivity contribution in [2.45, 2.75) is 6.92 Å².